The van der Waals surface area contributed by atoms with Gasteiger partial charge in [-0.15, -0.1) is 0 Å². The van der Waals surface area contributed by atoms with Crippen LogP contribution in [-0.4, -0.2) is 22.6 Å². The number of nitrogens with one attached hydrogen (secondary N) is 1. The zero-order valence-corrected chi connectivity index (χ0v) is 12.4. The maximum atomic E-state index is 13.5. The molecular weight excluding hydrogens is 253 g/mol. The van der Waals surface area contributed by atoms with Crippen LogP contribution in [0.1, 0.15) is 45.5 Å². The summed E-state index contributed by atoms with van der Waals surface area (Å²) in [5.74, 6) is 0.865. The molecule has 3 nitrogen and oxygen atoms in total. The highest BCUT2D eigenvalue weighted by atomic mass is 19.1. The van der Waals surface area contributed by atoms with Crippen LogP contribution < -0.4 is 5.32 Å². The smallest absolute Gasteiger partial charge is 0.125 e. The molecular formula is C16H22FN3. The molecule has 1 aliphatic rings. The van der Waals surface area contributed by atoms with Crippen molar-refractivity contribution in [3.8, 4) is 0 Å². The van der Waals surface area contributed by atoms with Gasteiger partial charge in [0.25, 0.3) is 0 Å². The fraction of sp³-hybridized carbons (Fsp3) is 0.562. The van der Waals surface area contributed by atoms with Crippen molar-refractivity contribution in [2.45, 2.75) is 45.1 Å². The number of piperidine rings is 1. The number of hydrogen-bond donors (Lipinski definition) is 1. The van der Waals surface area contributed by atoms with Crippen LogP contribution in [0.4, 0.5) is 4.39 Å². The first-order chi connectivity index (χ1) is 9.51. The van der Waals surface area contributed by atoms with E-state index >= 15 is 0 Å². The summed E-state index contributed by atoms with van der Waals surface area (Å²) in [6, 6.07) is 5.23. The minimum absolute atomic E-state index is 0.0258. The summed E-state index contributed by atoms with van der Waals surface area (Å²) in [6.45, 7) is 8.59. The highest BCUT2D eigenvalue weighted by Gasteiger charge is 2.34. The lowest BCUT2D eigenvalue weighted by Crippen LogP contribution is -2.43. The van der Waals surface area contributed by atoms with E-state index in [9.17, 15) is 4.39 Å². The van der Waals surface area contributed by atoms with E-state index in [1.165, 1.54) is 12.1 Å². The Morgan fingerprint density at radius 3 is 2.85 bits per heavy atom. The van der Waals surface area contributed by atoms with Crippen molar-refractivity contribution in [2.24, 2.45) is 0 Å². The number of nitrogens with zero attached hydrogens (tertiary/aromatic N) is 2. The van der Waals surface area contributed by atoms with Crippen molar-refractivity contribution in [1.82, 2.24) is 14.9 Å². The Bertz CT molecular complexity index is 624. The standard InChI is InChI=1S/C16H22FN3/c1-11(2)20-14-6-5-12(17)9-13(14)19-15(20)16(3)7-4-8-18-10-16/h5-6,9,11,18H,4,7-8,10H2,1-3H3. The average molecular weight is 275 g/mol. The maximum Gasteiger partial charge on any atom is 0.125 e. The molecule has 0 aliphatic carbocycles. The van der Waals surface area contributed by atoms with Gasteiger partial charge in [-0.1, -0.05) is 6.92 Å². The van der Waals surface area contributed by atoms with Crippen molar-refractivity contribution < 1.29 is 4.39 Å². The van der Waals surface area contributed by atoms with Crippen molar-refractivity contribution in [3.05, 3.63) is 29.8 Å². The van der Waals surface area contributed by atoms with Gasteiger partial charge in [0.1, 0.15) is 11.6 Å². The van der Waals surface area contributed by atoms with E-state index in [0.717, 1.165) is 42.8 Å². The SMILES string of the molecule is CC(C)n1c(C2(C)CCCNC2)nc2cc(F)ccc21. The van der Waals surface area contributed by atoms with Crippen molar-refractivity contribution in [2.75, 3.05) is 13.1 Å². The summed E-state index contributed by atoms with van der Waals surface area (Å²) in [4.78, 5) is 4.77. The van der Waals surface area contributed by atoms with Gasteiger partial charge in [0.15, 0.2) is 0 Å². The van der Waals surface area contributed by atoms with Gasteiger partial charge in [0, 0.05) is 24.1 Å². The molecule has 0 spiro atoms. The Morgan fingerprint density at radius 2 is 2.20 bits per heavy atom. The van der Waals surface area contributed by atoms with Crippen molar-refractivity contribution in [3.63, 3.8) is 0 Å². The molecule has 0 saturated carbocycles. The number of benzene rings is 1. The second kappa shape index (κ2) is 4.85. The molecule has 1 aliphatic heterocycles. The summed E-state index contributed by atoms with van der Waals surface area (Å²) in [7, 11) is 0. The van der Waals surface area contributed by atoms with Gasteiger partial charge in [-0.2, -0.15) is 0 Å². The number of fused-ring (bicyclic) bond motifs is 1. The maximum absolute atomic E-state index is 13.5. The van der Waals surface area contributed by atoms with Gasteiger partial charge < -0.3 is 9.88 Å². The minimum Gasteiger partial charge on any atom is -0.325 e. The number of imidazole rings is 1. The fourth-order valence-corrected chi connectivity index (χ4v) is 3.27. The number of hydrogen-bond acceptors (Lipinski definition) is 2. The summed E-state index contributed by atoms with van der Waals surface area (Å²) in [5, 5.41) is 3.47. The molecule has 1 saturated heterocycles. The molecule has 1 atom stereocenters. The zero-order valence-electron chi connectivity index (χ0n) is 12.4. The highest BCUT2D eigenvalue weighted by molar-refractivity contribution is 5.76. The summed E-state index contributed by atoms with van der Waals surface area (Å²) >= 11 is 0. The van der Waals surface area contributed by atoms with Gasteiger partial charge in [-0.05, 0) is 45.4 Å². The molecule has 3 rings (SSSR count). The normalized spacial score (nSPS) is 23.6. The van der Waals surface area contributed by atoms with Gasteiger partial charge >= 0.3 is 0 Å². The van der Waals surface area contributed by atoms with Crippen LogP contribution in [0.15, 0.2) is 18.2 Å². The topological polar surface area (TPSA) is 29.9 Å². The first-order valence-corrected chi connectivity index (χ1v) is 7.40. The number of aromatic nitrogens is 2. The molecule has 1 aromatic heterocycles. The quantitative estimate of drug-likeness (QED) is 0.910. The third-order valence-electron chi connectivity index (χ3n) is 4.31. The fourth-order valence-electron chi connectivity index (χ4n) is 3.27. The van der Waals surface area contributed by atoms with E-state index in [1.54, 1.807) is 0 Å². The Hall–Kier alpha value is -1.42. The van der Waals surface area contributed by atoms with E-state index in [1.807, 2.05) is 6.07 Å². The van der Waals surface area contributed by atoms with Crippen LogP contribution in [0.5, 0.6) is 0 Å². The van der Waals surface area contributed by atoms with Gasteiger partial charge in [-0.3, -0.25) is 0 Å². The van der Waals surface area contributed by atoms with Gasteiger partial charge in [0.2, 0.25) is 0 Å². The first kappa shape index (κ1) is 13.6. The van der Waals surface area contributed by atoms with E-state index in [0.29, 0.717) is 6.04 Å². The Morgan fingerprint density at radius 1 is 1.40 bits per heavy atom. The monoisotopic (exact) mass is 275 g/mol. The second-order valence-corrected chi connectivity index (χ2v) is 6.37. The van der Waals surface area contributed by atoms with Crippen LogP contribution in [0, 0.1) is 5.82 Å². The van der Waals surface area contributed by atoms with Crippen LogP contribution in [0.3, 0.4) is 0 Å². The molecule has 1 fully saturated rings. The summed E-state index contributed by atoms with van der Waals surface area (Å²) < 4.78 is 15.7. The lowest BCUT2D eigenvalue weighted by atomic mass is 9.81. The Kier molecular flexibility index (Phi) is 3.28. The van der Waals surface area contributed by atoms with E-state index in [-0.39, 0.29) is 11.2 Å². The van der Waals surface area contributed by atoms with Crippen molar-refractivity contribution >= 4 is 11.0 Å². The molecule has 108 valence electrons. The predicted octanol–water partition coefficient (Wildman–Crippen LogP) is 3.40. The molecule has 1 aromatic carbocycles. The van der Waals surface area contributed by atoms with E-state index < -0.39 is 0 Å². The highest BCUT2D eigenvalue weighted by Crippen LogP contribution is 2.34. The zero-order chi connectivity index (χ0) is 14.3. The lowest BCUT2D eigenvalue weighted by Gasteiger charge is -2.34. The molecule has 20 heavy (non-hydrogen) atoms. The van der Waals surface area contributed by atoms with Gasteiger partial charge in [-0.25, -0.2) is 9.37 Å². The molecule has 1 N–H and O–H groups in total. The molecule has 1 unspecified atom stereocenters. The van der Waals surface area contributed by atoms with Crippen molar-refractivity contribution in [1.29, 1.82) is 0 Å². The van der Waals surface area contributed by atoms with Crippen LogP contribution in [0.2, 0.25) is 0 Å². The van der Waals surface area contributed by atoms with Crippen LogP contribution >= 0.6 is 0 Å². The molecule has 0 radical (unpaired) electrons. The second-order valence-electron chi connectivity index (χ2n) is 6.37. The van der Waals surface area contributed by atoms with Gasteiger partial charge in [0.05, 0.1) is 11.0 Å². The third-order valence-corrected chi connectivity index (χ3v) is 4.31. The third kappa shape index (κ3) is 2.12. The minimum atomic E-state index is -0.218. The molecule has 0 bridgehead atoms. The average Bonchev–Trinajstić information content (AvgIpc) is 2.78. The summed E-state index contributed by atoms with van der Waals surface area (Å²) in [6.07, 6.45) is 2.28. The van der Waals surface area contributed by atoms with Crippen LogP contribution in [0.25, 0.3) is 11.0 Å². The van der Waals surface area contributed by atoms with E-state index in [2.05, 4.69) is 30.7 Å². The lowest BCUT2D eigenvalue weighted by molar-refractivity contribution is 0.310. The Balaban J connectivity index is 2.21. The predicted molar refractivity (Wildman–Crippen MR) is 79.5 cm³/mol. The Labute approximate surface area is 119 Å². The number of halogens is 1. The largest absolute Gasteiger partial charge is 0.325 e. The molecule has 2 aromatic rings. The van der Waals surface area contributed by atoms with Crippen LogP contribution in [-0.2, 0) is 5.41 Å². The molecule has 0 amide bonds. The summed E-state index contributed by atoms with van der Waals surface area (Å²) in [5.41, 5.74) is 1.82. The molecule has 2 heterocycles. The van der Waals surface area contributed by atoms with E-state index in [4.69, 9.17) is 4.98 Å². The number of rotatable bonds is 2. The first-order valence-electron chi connectivity index (χ1n) is 7.40. The molecule has 4 heteroatoms.